The van der Waals surface area contributed by atoms with Crippen molar-refractivity contribution in [2.45, 2.75) is 30.7 Å². The van der Waals surface area contributed by atoms with E-state index in [9.17, 15) is 0 Å². The monoisotopic (exact) mass is 514 g/mol. The third kappa shape index (κ3) is 5.16. The maximum absolute atomic E-state index is 6.00. The Balaban J connectivity index is 1.13. The van der Waals surface area contributed by atoms with Crippen LogP contribution in [-0.4, -0.2) is 33.1 Å². The Morgan fingerprint density at radius 1 is 1.15 bits per heavy atom. The molecule has 7 nitrogen and oxygen atoms in total. The topological polar surface area (TPSA) is 71.3 Å². The number of nitrogens with zero attached hydrogens (tertiary/aromatic N) is 4. The molecule has 0 atom stereocenters. The van der Waals surface area contributed by atoms with Gasteiger partial charge in [-0.15, -0.1) is 21.5 Å². The van der Waals surface area contributed by atoms with Crippen molar-refractivity contribution < 1.29 is 14.2 Å². The molecule has 176 valence electrons. The Morgan fingerprint density at radius 2 is 2.03 bits per heavy atom. The summed E-state index contributed by atoms with van der Waals surface area (Å²) in [5.74, 6) is 4.08. The van der Waals surface area contributed by atoms with Gasteiger partial charge in [0.25, 0.3) is 0 Å². The molecule has 0 spiro atoms. The van der Waals surface area contributed by atoms with Crippen molar-refractivity contribution in [3.05, 3.63) is 63.9 Å². The van der Waals surface area contributed by atoms with E-state index in [1.54, 1.807) is 23.1 Å². The van der Waals surface area contributed by atoms with E-state index >= 15 is 0 Å². The van der Waals surface area contributed by atoms with Crippen LogP contribution < -0.4 is 14.2 Å². The van der Waals surface area contributed by atoms with Gasteiger partial charge in [-0.1, -0.05) is 23.4 Å². The zero-order valence-corrected chi connectivity index (χ0v) is 21.2. The third-order valence-electron chi connectivity index (χ3n) is 5.38. The Kier molecular flexibility index (Phi) is 6.94. The lowest BCUT2D eigenvalue weighted by atomic mass is 10.2. The Labute approximate surface area is 211 Å². The molecular weight excluding hydrogens is 492 g/mol. The fourth-order valence-electron chi connectivity index (χ4n) is 3.55. The number of fused-ring (bicyclic) bond motifs is 1. The Bertz CT molecular complexity index is 1310. The number of benzene rings is 2. The summed E-state index contributed by atoms with van der Waals surface area (Å²) < 4.78 is 18.8. The Hall–Kier alpha value is -2.75. The van der Waals surface area contributed by atoms with Crippen LogP contribution in [0, 0.1) is 6.92 Å². The van der Waals surface area contributed by atoms with Crippen molar-refractivity contribution in [1.82, 2.24) is 19.7 Å². The van der Waals surface area contributed by atoms with Gasteiger partial charge in [0.05, 0.1) is 12.3 Å². The number of halogens is 1. The quantitative estimate of drug-likeness (QED) is 0.202. The lowest BCUT2D eigenvalue weighted by Gasteiger charge is -2.09. The van der Waals surface area contributed by atoms with Gasteiger partial charge in [-0.25, -0.2) is 4.98 Å². The first-order valence-corrected chi connectivity index (χ1v) is 13.1. The van der Waals surface area contributed by atoms with E-state index in [0.717, 1.165) is 73.7 Å². The van der Waals surface area contributed by atoms with Gasteiger partial charge >= 0.3 is 0 Å². The molecule has 3 heterocycles. The first-order chi connectivity index (χ1) is 16.6. The van der Waals surface area contributed by atoms with Gasteiger partial charge in [0, 0.05) is 35.2 Å². The summed E-state index contributed by atoms with van der Waals surface area (Å²) in [6.07, 6.45) is 1.64. The molecule has 1 aliphatic rings. The van der Waals surface area contributed by atoms with Crippen LogP contribution in [0.25, 0.3) is 10.6 Å². The van der Waals surface area contributed by atoms with Crippen LogP contribution in [0.5, 0.6) is 17.2 Å². The summed E-state index contributed by atoms with van der Waals surface area (Å²) in [4.78, 5) is 4.78. The molecule has 0 radical (unpaired) electrons. The SMILES string of the molecule is Cc1cc(Cl)ccc1OCCCc1nnc(SCc2csc(-c3ccc4c(c3)OCO4)n2)n1C. The molecule has 34 heavy (non-hydrogen) atoms. The number of thioether (sulfide) groups is 1. The van der Waals surface area contributed by atoms with Crippen molar-refractivity contribution in [1.29, 1.82) is 0 Å². The molecule has 0 unspecified atom stereocenters. The van der Waals surface area contributed by atoms with E-state index < -0.39 is 0 Å². The lowest BCUT2D eigenvalue weighted by molar-refractivity contribution is 0.174. The maximum atomic E-state index is 6.00. The highest BCUT2D eigenvalue weighted by molar-refractivity contribution is 7.98. The number of aryl methyl sites for hydroxylation is 2. The molecule has 5 rings (SSSR count). The fraction of sp³-hybridized carbons (Fsp3) is 0.292. The largest absolute Gasteiger partial charge is 0.493 e. The van der Waals surface area contributed by atoms with E-state index in [1.807, 2.05) is 54.9 Å². The molecule has 0 bridgehead atoms. The summed E-state index contributed by atoms with van der Waals surface area (Å²) in [5, 5.41) is 13.4. The van der Waals surface area contributed by atoms with Crippen LogP contribution >= 0.6 is 34.7 Å². The smallest absolute Gasteiger partial charge is 0.231 e. The zero-order chi connectivity index (χ0) is 23.5. The number of hydrogen-bond acceptors (Lipinski definition) is 8. The molecule has 0 saturated heterocycles. The van der Waals surface area contributed by atoms with E-state index in [0.29, 0.717) is 6.61 Å². The van der Waals surface area contributed by atoms with Crippen LogP contribution in [-0.2, 0) is 19.2 Å². The minimum atomic E-state index is 0.271. The lowest BCUT2D eigenvalue weighted by Crippen LogP contribution is -2.04. The van der Waals surface area contributed by atoms with E-state index in [-0.39, 0.29) is 6.79 Å². The molecule has 1 aliphatic heterocycles. The number of ether oxygens (including phenoxy) is 3. The van der Waals surface area contributed by atoms with Crippen molar-refractivity contribution in [3.8, 4) is 27.8 Å². The van der Waals surface area contributed by atoms with Crippen LogP contribution in [0.15, 0.2) is 46.9 Å². The average molecular weight is 515 g/mol. The molecule has 0 N–H and O–H groups in total. The average Bonchev–Trinajstić information content (AvgIpc) is 3.56. The predicted molar refractivity (Wildman–Crippen MR) is 134 cm³/mol. The summed E-state index contributed by atoms with van der Waals surface area (Å²) >= 11 is 9.26. The highest BCUT2D eigenvalue weighted by Gasteiger charge is 2.16. The number of rotatable bonds is 9. The molecule has 0 saturated carbocycles. The summed E-state index contributed by atoms with van der Waals surface area (Å²) in [7, 11) is 2.00. The van der Waals surface area contributed by atoms with Gasteiger partial charge in [-0.3, -0.25) is 0 Å². The van der Waals surface area contributed by atoms with Gasteiger partial charge in [-0.05, 0) is 55.3 Å². The van der Waals surface area contributed by atoms with E-state index in [2.05, 4.69) is 15.6 Å². The molecule has 2 aromatic heterocycles. The summed E-state index contributed by atoms with van der Waals surface area (Å²) in [5.41, 5.74) is 3.08. The Morgan fingerprint density at radius 3 is 2.91 bits per heavy atom. The van der Waals surface area contributed by atoms with Crippen LogP contribution in [0.3, 0.4) is 0 Å². The van der Waals surface area contributed by atoms with Crippen molar-refractivity contribution in [3.63, 3.8) is 0 Å². The van der Waals surface area contributed by atoms with E-state index in [4.69, 9.17) is 30.8 Å². The van der Waals surface area contributed by atoms with Gasteiger partial charge < -0.3 is 18.8 Å². The highest BCUT2D eigenvalue weighted by atomic mass is 35.5. The molecule has 2 aromatic carbocycles. The minimum absolute atomic E-state index is 0.271. The number of aromatic nitrogens is 4. The molecule has 0 fully saturated rings. The van der Waals surface area contributed by atoms with Gasteiger partial charge in [0.15, 0.2) is 16.7 Å². The van der Waals surface area contributed by atoms with Gasteiger partial charge in [0.1, 0.15) is 16.6 Å². The zero-order valence-electron chi connectivity index (χ0n) is 18.8. The number of hydrogen-bond donors (Lipinski definition) is 0. The van der Waals surface area contributed by atoms with Gasteiger partial charge in [0.2, 0.25) is 6.79 Å². The van der Waals surface area contributed by atoms with Crippen LogP contribution in [0.4, 0.5) is 0 Å². The second kappa shape index (κ2) is 10.2. The van der Waals surface area contributed by atoms with Crippen LogP contribution in [0.1, 0.15) is 23.5 Å². The maximum Gasteiger partial charge on any atom is 0.231 e. The molecule has 10 heteroatoms. The first kappa shape index (κ1) is 23.0. The minimum Gasteiger partial charge on any atom is -0.493 e. The second-order valence-electron chi connectivity index (χ2n) is 7.82. The summed E-state index contributed by atoms with van der Waals surface area (Å²) in [6.45, 7) is 2.88. The van der Waals surface area contributed by atoms with Crippen molar-refractivity contribution in [2.24, 2.45) is 7.05 Å². The van der Waals surface area contributed by atoms with Crippen molar-refractivity contribution >= 4 is 34.7 Å². The number of thiazole rings is 1. The fourth-order valence-corrected chi connectivity index (χ4v) is 5.52. The standard InChI is InChI=1S/C24H23ClN4O3S2/c1-15-10-17(25)6-8-19(15)30-9-3-4-22-27-28-24(29(22)2)34-13-18-12-33-23(26-18)16-5-7-20-21(11-16)32-14-31-20/h5-8,10-12H,3-4,9,13-14H2,1-2H3. The normalized spacial score (nSPS) is 12.3. The molecule has 0 aliphatic carbocycles. The molecule has 0 amide bonds. The predicted octanol–water partition coefficient (Wildman–Crippen LogP) is 5.93. The molecule has 4 aromatic rings. The second-order valence-corrected chi connectivity index (χ2v) is 10.1. The summed E-state index contributed by atoms with van der Waals surface area (Å²) in [6, 6.07) is 11.6. The van der Waals surface area contributed by atoms with Gasteiger partial charge in [-0.2, -0.15) is 0 Å². The first-order valence-electron chi connectivity index (χ1n) is 10.8. The molecular formula is C24H23ClN4O3S2. The third-order valence-corrected chi connectivity index (χ3v) is 7.61. The van der Waals surface area contributed by atoms with Crippen LogP contribution in [0.2, 0.25) is 5.02 Å². The van der Waals surface area contributed by atoms with Crippen molar-refractivity contribution in [2.75, 3.05) is 13.4 Å². The van der Waals surface area contributed by atoms with E-state index in [1.165, 1.54) is 0 Å². The highest BCUT2D eigenvalue weighted by Crippen LogP contribution is 2.37.